The van der Waals surface area contributed by atoms with Gasteiger partial charge in [-0.05, 0) is 48.7 Å². The van der Waals surface area contributed by atoms with Crippen molar-refractivity contribution < 1.29 is 13.6 Å². The van der Waals surface area contributed by atoms with Crippen LogP contribution < -0.4 is 5.73 Å². The summed E-state index contributed by atoms with van der Waals surface area (Å²) in [4.78, 5) is 20.8. The Morgan fingerprint density at radius 3 is 2.44 bits per heavy atom. The fourth-order valence-electron chi connectivity index (χ4n) is 4.75. The molecule has 0 aliphatic heterocycles. The highest BCUT2D eigenvalue weighted by Gasteiger charge is 2.38. The number of nitrogens with two attached hydrogens (primary N) is 1. The SMILES string of the molecule is CC(C)(C)C(c1nc(-c2cccc(Cl)c2)cn1Cc1ccc(F)cc1F)N(CCCN)C(=O)c1ccccc1. The van der Waals surface area contributed by atoms with E-state index in [0.29, 0.717) is 47.2 Å². The molecule has 0 aliphatic rings. The van der Waals surface area contributed by atoms with Crippen LogP contribution in [0.5, 0.6) is 0 Å². The summed E-state index contributed by atoms with van der Waals surface area (Å²) in [5, 5.41) is 0.560. The lowest BCUT2D eigenvalue weighted by Crippen LogP contribution is -2.43. The third kappa shape index (κ3) is 6.72. The summed E-state index contributed by atoms with van der Waals surface area (Å²) in [7, 11) is 0. The van der Waals surface area contributed by atoms with E-state index in [-0.39, 0.29) is 12.5 Å². The second kappa shape index (κ2) is 12.1. The Kier molecular flexibility index (Phi) is 8.83. The second-order valence-electron chi connectivity index (χ2n) is 10.6. The van der Waals surface area contributed by atoms with Crippen molar-refractivity contribution in [1.29, 1.82) is 0 Å². The molecule has 1 amide bonds. The van der Waals surface area contributed by atoms with Crippen LogP contribution in [0.15, 0.2) is 79.0 Å². The zero-order valence-corrected chi connectivity index (χ0v) is 23.1. The Balaban J connectivity index is 1.89. The molecule has 1 heterocycles. The molecule has 1 aromatic heterocycles. The van der Waals surface area contributed by atoms with E-state index in [0.717, 1.165) is 11.6 Å². The van der Waals surface area contributed by atoms with Crippen molar-refractivity contribution in [3.63, 3.8) is 0 Å². The maximum absolute atomic E-state index is 14.8. The van der Waals surface area contributed by atoms with Gasteiger partial charge in [-0.25, -0.2) is 13.8 Å². The van der Waals surface area contributed by atoms with E-state index in [9.17, 15) is 13.6 Å². The lowest BCUT2D eigenvalue weighted by molar-refractivity contribution is 0.0482. The van der Waals surface area contributed by atoms with Crippen molar-refractivity contribution in [2.24, 2.45) is 11.1 Å². The molecule has 4 aromatic rings. The first-order valence-corrected chi connectivity index (χ1v) is 13.3. The first-order chi connectivity index (χ1) is 18.6. The van der Waals surface area contributed by atoms with E-state index in [1.807, 2.05) is 72.8 Å². The van der Waals surface area contributed by atoms with Crippen LogP contribution in [0.1, 0.15) is 55.0 Å². The first kappa shape index (κ1) is 28.5. The van der Waals surface area contributed by atoms with Crippen LogP contribution in [0.3, 0.4) is 0 Å². The average Bonchev–Trinajstić information content (AvgIpc) is 3.30. The van der Waals surface area contributed by atoms with Gasteiger partial charge in [-0.15, -0.1) is 0 Å². The molecule has 0 bridgehead atoms. The molecule has 4 rings (SSSR count). The highest BCUT2D eigenvalue weighted by molar-refractivity contribution is 6.30. The zero-order chi connectivity index (χ0) is 28.2. The van der Waals surface area contributed by atoms with Gasteiger partial charge in [-0.2, -0.15) is 0 Å². The molecular weight excluding hydrogens is 518 g/mol. The van der Waals surface area contributed by atoms with Crippen molar-refractivity contribution in [2.45, 2.75) is 39.8 Å². The highest BCUT2D eigenvalue weighted by Crippen LogP contribution is 2.40. The quantitative estimate of drug-likeness (QED) is 0.241. The average molecular weight is 551 g/mol. The van der Waals surface area contributed by atoms with Gasteiger partial charge in [-0.1, -0.05) is 68.8 Å². The van der Waals surface area contributed by atoms with Crippen LogP contribution in [0.4, 0.5) is 8.78 Å². The Morgan fingerprint density at radius 1 is 1.05 bits per heavy atom. The molecular formula is C31H33ClF2N4O. The molecule has 0 saturated heterocycles. The molecule has 2 N–H and O–H groups in total. The van der Waals surface area contributed by atoms with Crippen molar-refractivity contribution in [3.8, 4) is 11.3 Å². The van der Waals surface area contributed by atoms with Crippen LogP contribution in [-0.2, 0) is 6.54 Å². The van der Waals surface area contributed by atoms with Gasteiger partial charge in [0.2, 0.25) is 0 Å². The van der Waals surface area contributed by atoms with Gasteiger partial charge in [0, 0.05) is 40.5 Å². The number of aromatic nitrogens is 2. The monoisotopic (exact) mass is 550 g/mol. The van der Waals surface area contributed by atoms with Crippen molar-refractivity contribution in [3.05, 3.63) is 113 Å². The van der Waals surface area contributed by atoms with E-state index in [4.69, 9.17) is 22.3 Å². The topological polar surface area (TPSA) is 64.2 Å². The number of amides is 1. The molecule has 5 nitrogen and oxygen atoms in total. The molecule has 0 fully saturated rings. The molecule has 1 atom stereocenters. The van der Waals surface area contributed by atoms with Crippen molar-refractivity contribution in [2.75, 3.05) is 13.1 Å². The van der Waals surface area contributed by atoms with Crippen LogP contribution in [0.25, 0.3) is 11.3 Å². The minimum atomic E-state index is -0.647. The van der Waals surface area contributed by atoms with E-state index in [2.05, 4.69) is 0 Å². The zero-order valence-electron chi connectivity index (χ0n) is 22.4. The summed E-state index contributed by atoms with van der Waals surface area (Å²) in [5.41, 5.74) is 7.70. The number of carbonyl (C=O) groups is 1. The summed E-state index contributed by atoms with van der Waals surface area (Å²) in [6, 6.07) is 19.5. The third-order valence-corrected chi connectivity index (χ3v) is 6.78. The van der Waals surface area contributed by atoms with Crippen LogP contribution in [0, 0.1) is 17.0 Å². The number of hydrogen-bond acceptors (Lipinski definition) is 3. The van der Waals surface area contributed by atoms with Gasteiger partial charge in [-0.3, -0.25) is 4.79 Å². The fourth-order valence-corrected chi connectivity index (χ4v) is 4.94. The van der Waals surface area contributed by atoms with Crippen molar-refractivity contribution in [1.82, 2.24) is 14.5 Å². The van der Waals surface area contributed by atoms with E-state index < -0.39 is 23.1 Å². The molecule has 3 aromatic carbocycles. The summed E-state index contributed by atoms with van der Waals surface area (Å²) in [6.45, 7) is 7.06. The minimum absolute atomic E-state index is 0.103. The standard InChI is InChI=1S/C31H33ClF2N4O/c1-31(2,3)28(38(16-8-15-35)30(39)21-9-5-4-6-10-21)29-36-27(22-11-7-12-24(32)17-22)20-37(29)19-23-13-14-25(33)18-26(23)34/h4-7,9-14,17-18,20,28H,8,15-16,19,35H2,1-3H3. The minimum Gasteiger partial charge on any atom is -0.330 e. The normalized spacial score (nSPS) is 12.4. The highest BCUT2D eigenvalue weighted by atomic mass is 35.5. The predicted octanol–water partition coefficient (Wildman–Crippen LogP) is 7.11. The van der Waals surface area contributed by atoms with Crippen LogP contribution in [0.2, 0.25) is 5.02 Å². The fraction of sp³-hybridized carbons (Fsp3) is 0.290. The van der Waals surface area contributed by atoms with Gasteiger partial charge in [0.05, 0.1) is 18.3 Å². The number of halogens is 3. The second-order valence-corrected chi connectivity index (χ2v) is 11.1. The Labute approximate surface area is 233 Å². The molecule has 39 heavy (non-hydrogen) atoms. The summed E-state index contributed by atoms with van der Waals surface area (Å²) in [6.07, 6.45) is 2.43. The molecule has 1 unspecified atom stereocenters. The van der Waals surface area contributed by atoms with Crippen LogP contribution in [-0.4, -0.2) is 33.4 Å². The number of nitrogens with zero attached hydrogens (tertiary/aromatic N) is 3. The lowest BCUT2D eigenvalue weighted by atomic mass is 9.84. The van der Waals surface area contributed by atoms with E-state index in [1.54, 1.807) is 18.2 Å². The summed E-state index contributed by atoms with van der Waals surface area (Å²) >= 11 is 6.27. The number of imidazole rings is 1. The van der Waals surface area contributed by atoms with E-state index >= 15 is 0 Å². The Hall–Kier alpha value is -3.55. The smallest absolute Gasteiger partial charge is 0.254 e. The Bertz CT molecular complexity index is 1430. The maximum Gasteiger partial charge on any atom is 0.254 e. The molecule has 204 valence electrons. The largest absolute Gasteiger partial charge is 0.330 e. The predicted molar refractivity (Wildman–Crippen MR) is 151 cm³/mol. The molecule has 8 heteroatoms. The molecule has 0 saturated carbocycles. The molecule has 0 radical (unpaired) electrons. The van der Waals surface area contributed by atoms with Gasteiger partial charge >= 0.3 is 0 Å². The van der Waals surface area contributed by atoms with Gasteiger partial charge in [0.1, 0.15) is 17.5 Å². The van der Waals surface area contributed by atoms with Crippen molar-refractivity contribution >= 4 is 17.5 Å². The number of carbonyl (C=O) groups excluding carboxylic acids is 1. The lowest BCUT2D eigenvalue weighted by Gasteiger charge is -2.40. The summed E-state index contributed by atoms with van der Waals surface area (Å²) in [5.74, 6) is -0.847. The Morgan fingerprint density at radius 2 is 1.79 bits per heavy atom. The molecule has 0 aliphatic carbocycles. The first-order valence-electron chi connectivity index (χ1n) is 12.9. The maximum atomic E-state index is 14.8. The van der Waals surface area contributed by atoms with Gasteiger partial charge < -0.3 is 15.2 Å². The number of rotatable bonds is 9. The van der Waals surface area contributed by atoms with Gasteiger partial charge in [0.25, 0.3) is 5.91 Å². The molecule has 0 spiro atoms. The number of benzene rings is 3. The van der Waals surface area contributed by atoms with Gasteiger partial charge in [0.15, 0.2) is 0 Å². The van der Waals surface area contributed by atoms with Crippen LogP contribution >= 0.6 is 11.6 Å². The van der Waals surface area contributed by atoms with E-state index in [1.165, 1.54) is 12.1 Å². The number of hydrogen-bond donors (Lipinski definition) is 1. The third-order valence-electron chi connectivity index (χ3n) is 6.54. The summed E-state index contributed by atoms with van der Waals surface area (Å²) < 4.78 is 30.3.